The number of nitrogens with zero attached hydrogens (tertiary/aromatic N) is 3. The molecular formula is C23H22ClN3O4. The van der Waals surface area contributed by atoms with Crippen LogP contribution in [0.3, 0.4) is 0 Å². The van der Waals surface area contributed by atoms with E-state index in [4.69, 9.17) is 21.1 Å². The van der Waals surface area contributed by atoms with Crippen LogP contribution in [0.4, 0.5) is 0 Å². The zero-order chi connectivity index (χ0) is 22.0. The van der Waals surface area contributed by atoms with Gasteiger partial charge in [0, 0.05) is 23.6 Å². The van der Waals surface area contributed by atoms with Gasteiger partial charge in [-0.15, -0.1) is 0 Å². The van der Waals surface area contributed by atoms with E-state index in [1.165, 1.54) is 7.11 Å². The van der Waals surface area contributed by atoms with Crippen molar-refractivity contribution in [3.05, 3.63) is 76.1 Å². The van der Waals surface area contributed by atoms with E-state index in [9.17, 15) is 9.59 Å². The molecule has 0 saturated heterocycles. The van der Waals surface area contributed by atoms with Crippen molar-refractivity contribution < 1.29 is 19.1 Å². The fraction of sp³-hybridized carbons (Fsp3) is 0.261. The SMILES string of the molecule is CCOC(=O)c1nn(-c2ccc(Cl)cc2)c2c1CN(C(=O)c1ccccc1OC)CC2. The molecule has 0 N–H and O–H groups in total. The van der Waals surface area contributed by atoms with E-state index in [-0.39, 0.29) is 24.8 Å². The zero-order valence-electron chi connectivity index (χ0n) is 17.3. The number of methoxy groups -OCH3 is 1. The van der Waals surface area contributed by atoms with E-state index >= 15 is 0 Å². The van der Waals surface area contributed by atoms with Gasteiger partial charge >= 0.3 is 5.97 Å². The monoisotopic (exact) mass is 439 g/mol. The second-order valence-corrected chi connectivity index (χ2v) is 7.50. The Hall–Kier alpha value is -3.32. The van der Waals surface area contributed by atoms with E-state index in [2.05, 4.69) is 5.10 Å². The molecule has 3 aromatic rings. The number of ether oxygens (including phenoxy) is 2. The smallest absolute Gasteiger partial charge is 0.359 e. The zero-order valence-corrected chi connectivity index (χ0v) is 18.1. The van der Waals surface area contributed by atoms with E-state index < -0.39 is 5.97 Å². The molecule has 0 atom stereocenters. The number of aromatic nitrogens is 2. The summed E-state index contributed by atoms with van der Waals surface area (Å²) in [5.41, 5.74) is 3.08. The number of carbonyl (C=O) groups excluding carboxylic acids is 2. The Morgan fingerprint density at radius 2 is 1.87 bits per heavy atom. The second-order valence-electron chi connectivity index (χ2n) is 7.06. The first kappa shape index (κ1) is 20.9. The predicted molar refractivity (Wildman–Crippen MR) is 116 cm³/mol. The van der Waals surface area contributed by atoms with Crippen LogP contribution in [0.2, 0.25) is 5.02 Å². The third-order valence-corrected chi connectivity index (χ3v) is 5.47. The van der Waals surface area contributed by atoms with Gasteiger partial charge in [-0.25, -0.2) is 9.48 Å². The number of para-hydroxylation sites is 1. The van der Waals surface area contributed by atoms with Gasteiger partial charge in [0.05, 0.1) is 37.2 Å². The summed E-state index contributed by atoms with van der Waals surface area (Å²) in [5, 5.41) is 5.16. The summed E-state index contributed by atoms with van der Waals surface area (Å²) in [6, 6.07) is 14.3. The number of rotatable bonds is 5. The third-order valence-electron chi connectivity index (χ3n) is 5.22. The maximum absolute atomic E-state index is 13.2. The Morgan fingerprint density at radius 1 is 1.13 bits per heavy atom. The number of esters is 1. The standard InChI is InChI=1S/C23H22ClN3O4/c1-3-31-23(29)21-18-14-26(22(28)17-6-4-5-7-20(17)30-2)13-12-19(18)27(25-21)16-10-8-15(24)9-11-16/h4-11H,3,12-14H2,1-2H3. The number of fused-ring (bicyclic) bond motifs is 1. The first-order valence-electron chi connectivity index (χ1n) is 9.99. The summed E-state index contributed by atoms with van der Waals surface area (Å²) in [6.07, 6.45) is 0.547. The largest absolute Gasteiger partial charge is 0.496 e. The molecule has 0 saturated carbocycles. The summed E-state index contributed by atoms with van der Waals surface area (Å²) >= 11 is 6.02. The Bertz CT molecular complexity index is 1120. The van der Waals surface area contributed by atoms with E-state index in [0.29, 0.717) is 34.9 Å². The van der Waals surface area contributed by atoms with Crippen LogP contribution in [-0.2, 0) is 17.7 Å². The molecule has 0 aliphatic carbocycles. The fourth-order valence-electron chi connectivity index (χ4n) is 3.74. The summed E-state index contributed by atoms with van der Waals surface area (Å²) in [7, 11) is 1.54. The highest BCUT2D eigenvalue weighted by molar-refractivity contribution is 6.30. The van der Waals surface area contributed by atoms with Gasteiger partial charge in [0.25, 0.3) is 5.91 Å². The molecule has 1 aliphatic heterocycles. The molecular weight excluding hydrogens is 418 g/mol. The Labute approximate surface area is 185 Å². The molecule has 2 heterocycles. The summed E-state index contributed by atoms with van der Waals surface area (Å²) < 4.78 is 12.3. The molecule has 1 aliphatic rings. The van der Waals surface area contributed by atoms with Gasteiger partial charge in [0.15, 0.2) is 5.69 Å². The van der Waals surface area contributed by atoms with E-state index in [1.807, 2.05) is 18.2 Å². The van der Waals surface area contributed by atoms with Crippen molar-refractivity contribution in [2.75, 3.05) is 20.3 Å². The number of halogens is 1. The first-order valence-corrected chi connectivity index (χ1v) is 10.4. The quantitative estimate of drug-likeness (QED) is 0.563. The maximum Gasteiger partial charge on any atom is 0.359 e. The van der Waals surface area contributed by atoms with Crippen LogP contribution in [0.15, 0.2) is 48.5 Å². The van der Waals surface area contributed by atoms with Crippen LogP contribution in [0.5, 0.6) is 5.75 Å². The van der Waals surface area contributed by atoms with Gasteiger partial charge in [-0.2, -0.15) is 5.10 Å². The lowest BCUT2D eigenvalue weighted by Crippen LogP contribution is -2.37. The fourth-order valence-corrected chi connectivity index (χ4v) is 3.87. The average Bonchev–Trinajstić information content (AvgIpc) is 3.18. The van der Waals surface area contributed by atoms with Crippen molar-refractivity contribution in [2.45, 2.75) is 19.9 Å². The average molecular weight is 440 g/mol. The number of hydrogen-bond acceptors (Lipinski definition) is 5. The van der Waals surface area contributed by atoms with Crippen molar-refractivity contribution >= 4 is 23.5 Å². The minimum absolute atomic E-state index is 0.155. The van der Waals surface area contributed by atoms with Crippen molar-refractivity contribution in [1.29, 1.82) is 0 Å². The van der Waals surface area contributed by atoms with E-state index in [1.54, 1.807) is 46.8 Å². The summed E-state index contributed by atoms with van der Waals surface area (Å²) in [6.45, 7) is 2.74. The topological polar surface area (TPSA) is 73.7 Å². The van der Waals surface area contributed by atoms with Crippen molar-refractivity contribution in [1.82, 2.24) is 14.7 Å². The highest BCUT2D eigenvalue weighted by atomic mass is 35.5. The molecule has 4 rings (SSSR count). The Kier molecular flexibility index (Phi) is 5.95. The molecule has 0 bridgehead atoms. The van der Waals surface area contributed by atoms with Crippen molar-refractivity contribution in [2.24, 2.45) is 0 Å². The Morgan fingerprint density at radius 3 is 2.58 bits per heavy atom. The predicted octanol–water partition coefficient (Wildman–Crippen LogP) is 3.91. The summed E-state index contributed by atoms with van der Waals surface area (Å²) in [4.78, 5) is 27.5. The highest BCUT2D eigenvalue weighted by Crippen LogP contribution is 2.29. The van der Waals surface area contributed by atoms with Gasteiger partial charge in [0.2, 0.25) is 0 Å². The molecule has 1 aromatic heterocycles. The van der Waals surface area contributed by atoms with Crippen LogP contribution < -0.4 is 4.74 Å². The molecule has 0 fully saturated rings. The van der Waals surface area contributed by atoms with Crippen molar-refractivity contribution in [3.8, 4) is 11.4 Å². The van der Waals surface area contributed by atoms with Crippen LogP contribution in [0, 0.1) is 0 Å². The molecule has 160 valence electrons. The lowest BCUT2D eigenvalue weighted by molar-refractivity contribution is 0.0513. The normalized spacial score (nSPS) is 12.9. The third kappa shape index (κ3) is 4.01. The molecule has 31 heavy (non-hydrogen) atoms. The molecule has 0 unspecified atom stereocenters. The highest BCUT2D eigenvalue weighted by Gasteiger charge is 2.32. The van der Waals surface area contributed by atoms with E-state index in [0.717, 1.165) is 11.4 Å². The maximum atomic E-state index is 13.2. The molecule has 0 spiro atoms. The van der Waals surface area contributed by atoms with Crippen LogP contribution in [0.1, 0.15) is 39.0 Å². The number of hydrogen-bond donors (Lipinski definition) is 0. The van der Waals surface area contributed by atoms with Crippen LogP contribution in [0.25, 0.3) is 5.69 Å². The van der Waals surface area contributed by atoms with Gasteiger partial charge in [0.1, 0.15) is 5.75 Å². The number of amides is 1. The van der Waals surface area contributed by atoms with Crippen molar-refractivity contribution in [3.63, 3.8) is 0 Å². The summed E-state index contributed by atoms with van der Waals surface area (Å²) in [5.74, 6) is -0.143. The van der Waals surface area contributed by atoms with Gasteiger partial charge < -0.3 is 14.4 Å². The molecule has 7 nitrogen and oxygen atoms in total. The minimum atomic E-state index is -0.502. The second kappa shape index (κ2) is 8.81. The van der Waals surface area contributed by atoms with Gasteiger partial charge in [-0.3, -0.25) is 4.79 Å². The van der Waals surface area contributed by atoms with Gasteiger partial charge in [-0.05, 0) is 43.3 Å². The number of benzene rings is 2. The molecule has 0 radical (unpaired) electrons. The molecule has 8 heteroatoms. The first-order chi connectivity index (χ1) is 15.0. The van der Waals surface area contributed by atoms with Crippen LogP contribution in [-0.4, -0.2) is 46.8 Å². The van der Waals surface area contributed by atoms with Gasteiger partial charge in [-0.1, -0.05) is 23.7 Å². The lowest BCUT2D eigenvalue weighted by Gasteiger charge is -2.28. The molecule has 2 aromatic carbocycles. The van der Waals surface area contributed by atoms with Crippen LogP contribution >= 0.6 is 11.6 Å². The Balaban J connectivity index is 1.72. The minimum Gasteiger partial charge on any atom is -0.496 e. The number of carbonyl (C=O) groups is 2. The molecule has 1 amide bonds. The lowest BCUT2D eigenvalue weighted by atomic mass is 10.0.